The van der Waals surface area contributed by atoms with Gasteiger partial charge in [0, 0.05) is 30.8 Å². The maximum absolute atomic E-state index is 12.8. The Balaban J connectivity index is 2.37. The van der Waals surface area contributed by atoms with Crippen molar-refractivity contribution in [3.63, 3.8) is 0 Å². The minimum atomic E-state index is -3.51. The lowest BCUT2D eigenvalue weighted by molar-refractivity contribution is 0.395. The van der Waals surface area contributed by atoms with E-state index in [0.717, 1.165) is 19.3 Å². The van der Waals surface area contributed by atoms with Gasteiger partial charge in [0.05, 0.1) is 0 Å². The highest BCUT2D eigenvalue weighted by molar-refractivity contribution is 9.10. The maximum Gasteiger partial charge on any atom is 0.246 e. The largest absolute Gasteiger partial charge is 0.372 e. The summed E-state index contributed by atoms with van der Waals surface area (Å²) >= 11 is 3.30. The Bertz CT molecular complexity index is 573. The highest BCUT2D eigenvalue weighted by Crippen LogP contribution is 2.33. The van der Waals surface area contributed by atoms with E-state index in [1.807, 2.05) is 6.92 Å². The van der Waals surface area contributed by atoms with Crippen molar-refractivity contribution in [1.82, 2.24) is 9.29 Å². The average Bonchev–Trinajstić information content (AvgIpc) is 3.22. The van der Waals surface area contributed by atoms with Crippen molar-refractivity contribution in [2.24, 2.45) is 5.92 Å². The zero-order valence-electron chi connectivity index (χ0n) is 11.8. The summed E-state index contributed by atoms with van der Waals surface area (Å²) in [4.78, 5) is 4.38. The third-order valence-corrected chi connectivity index (χ3v) is 5.62. The lowest BCUT2D eigenvalue weighted by Gasteiger charge is -2.22. The van der Waals surface area contributed by atoms with Crippen LogP contribution < -0.4 is 5.32 Å². The molecule has 1 saturated carbocycles. The molecule has 0 aromatic carbocycles. The zero-order valence-corrected chi connectivity index (χ0v) is 14.2. The van der Waals surface area contributed by atoms with E-state index in [4.69, 9.17) is 0 Å². The topological polar surface area (TPSA) is 62.3 Å². The minimum Gasteiger partial charge on any atom is -0.372 e. The number of sulfonamides is 1. The molecule has 0 atom stereocenters. The smallest absolute Gasteiger partial charge is 0.246 e. The monoisotopic (exact) mass is 361 g/mol. The Morgan fingerprint density at radius 2 is 2.20 bits per heavy atom. The summed E-state index contributed by atoms with van der Waals surface area (Å²) in [6.07, 6.45) is 4.66. The van der Waals surface area contributed by atoms with Gasteiger partial charge in [-0.2, -0.15) is 4.31 Å². The molecule has 1 aromatic heterocycles. The molecular formula is C13H20BrN3O2S. The van der Waals surface area contributed by atoms with E-state index in [9.17, 15) is 8.42 Å². The van der Waals surface area contributed by atoms with Crippen molar-refractivity contribution in [1.29, 1.82) is 0 Å². The molecule has 0 radical (unpaired) electrons. The Kier molecular flexibility index (Phi) is 5.04. The Morgan fingerprint density at radius 3 is 2.75 bits per heavy atom. The van der Waals surface area contributed by atoms with Crippen LogP contribution in [0.4, 0.5) is 5.82 Å². The molecule has 0 saturated heterocycles. The summed E-state index contributed by atoms with van der Waals surface area (Å²) in [5.74, 6) is 0.916. The molecule has 1 heterocycles. The van der Waals surface area contributed by atoms with Gasteiger partial charge in [-0.1, -0.05) is 6.92 Å². The van der Waals surface area contributed by atoms with Crippen LogP contribution in [0.25, 0.3) is 0 Å². The zero-order chi connectivity index (χ0) is 14.8. The number of nitrogens with one attached hydrogen (secondary N) is 1. The van der Waals surface area contributed by atoms with Crippen LogP contribution in [-0.2, 0) is 10.0 Å². The van der Waals surface area contributed by atoms with Crippen molar-refractivity contribution in [2.75, 3.05) is 25.5 Å². The molecule has 1 aliphatic carbocycles. The second-order valence-corrected chi connectivity index (χ2v) is 7.88. The van der Waals surface area contributed by atoms with E-state index in [-0.39, 0.29) is 4.90 Å². The second kappa shape index (κ2) is 6.41. The predicted octanol–water partition coefficient (Wildman–Crippen LogP) is 2.70. The minimum absolute atomic E-state index is 0.239. The first-order valence-electron chi connectivity index (χ1n) is 6.82. The summed E-state index contributed by atoms with van der Waals surface area (Å²) in [6.45, 7) is 3.16. The van der Waals surface area contributed by atoms with Crippen LogP contribution in [0.5, 0.6) is 0 Å². The second-order valence-electron chi connectivity index (χ2n) is 5.06. The highest BCUT2D eigenvalue weighted by Gasteiger charge is 2.32. The van der Waals surface area contributed by atoms with E-state index in [2.05, 4.69) is 26.2 Å². The third kappa shape index (κ3) is 3.51. The molecule has 5 nitrogen and oxygen atoms in total. The van der Waals surface area contributed by atoms with Gasteiger partial charge in [0.15, 0.2) is 0 Å². The summed E-state index contributed by atoms with van der Waals surface area (Å²) in [5.41, 5.74) is 0. The molecule has 7 heteroatoms. The first-order valence-corrected chi connectivity index (χ1v) is 9.05. The average molecular weight is 362 g/mol. The van der Waals surface area contributed by atoms with Gasteiger partial charge < -0.3 is 5.32 Å². The molecule has 1 aromatic rings. The normalized spacial score (nSPS) is 15.6. The number of halogens is 1. The molecule has 0 unspecified atom stereocenters. The number of hydrogen-bond acceptors (Lipinski definition) is 4. The van der Waals surface area contributed by atoms with Gasteiger partial charge in [-0.3, -0.25) is 0 Å². The number of pyridine rings is 1. The van der Waals surface area contributed by atoms with Gasteiger partial charge in [-0.25, -0.2) is 13.4 Å². The van der Waals surface area contributed by atoms with Crippen LogP contribution in [-0.4, -0.2) is 37.8 Å². The molecule has 1 aliphatic rings. The van der Waals surface area contributed by atoms with Gasteiger partial charge >= 0.3 is 0 Å². The predicted molar refractivity (Wildman–Crippen MR) is 83.3 cm³/mol. The molecule has 1 N–H and O–H groups in total. The number of nitrogens with zero attached hydrogens (tertiary/aromatic N) is 2. The van der Waals surface area contributed by atoms with Crippen molar-refractivity contribution in [3.05, 3.63) is 16.7 Å². The van der Waals surface area contributed by atoms with Crippen molar-refractivity contribution < 1.29 is 8.42 Å². The first-order chi connectivity index (χ1) is 9.48. The summed E-state index contributed by atoms with van der Waals surface area (Å²) < 4.78 is 27.9. The van der Waals surface area contributed by atoms with Gasteiger partial charge in [0.25, 0.3) is 0 Å². The molecule has 0 spiro atoms. The molecule has 2 rings (SSSR count). The van der Waals surface area contributed by atoms with Crippen molar-refractivity contribution in [3.8, 4) is 0 Å². The quantitative estimate of drug-likeness (QED) is 0.810. The van der Waals surface area contributed by atoms with Gasteiger partial charge in [0.2, 0.25) is 10.0 Å². The van der Waals surface area contributed by atoms with Gasteiger partial charge in [-0.15, -0.1) is 0 Å². The summed E-state index contributed by atoms with van der Waals surface area (Å²) in [5, 5.41) is 2.86. The number of anilines is 1. The van der Waals surface area contributed by atoms with E-state index in [0.29, 0.717) is 29.3 Å². The Hall–Kier alpha value is -0.660. The van der Waals surface area contributed by atoms with Crippen molar-refractivity contribution >= 4 is 31.8 Å². The van der Waals surface area contributed by atoms with Crippen LogP contribution in [0.15, 0.2) is 21.6 Å². The lowest BCUT2D eigenvalue weighted by atomic mass is 10.4. The first kappa shape index (κ1) is 15.7. The number of aromatic nitrogens is 1. The van der Waals surface area contributed by atoms with Crippen LogP contribution in [0.2, 0.25) is 0 Å². The number of hydrogen-bond donors (Lipinski definition) is 1. The molecule has 0 bridgehead atoms. The van der Waals surface area contributed by atoms with E-state index >= 15 is 0 Å². The van der Waals surface area contributed by atoms with Crippen LogP contribution in [0.1, 0.15) is 26.2 Å². The molecule has 0 aliphatic heterocycles. The van der Waals surface area contributed by atoms with Crippen LogP contribution in [0, 0.1) is 5.92 Å². The van der Waals surface area contributed by atoms with Crippen LogP contribution >= 0.6 is 15.9 Å². The van der Waals surface area contributed by atoms with E-state index < -0.39 is 10.0 Å². The molecular weight excluding hydrogens is 342 g/mol. The molecule has 0 amide bonds. The van der Waals surface area contributed by atoms with Crippen molar-refractivity contribution in [2.45, 2.75) is 31.1 Å². The fourth-order valence-corrected chi connectivity index (χ4v) is 4.36. The maximum atomic E-state index is 12.8. The molecule has 1 fully saturated rings. The van der Waals surface area contributed by atoms with Gasteiger partial charge in [-0.05, 0) is 47.2 Å². The Morgan fingerprint density at radius 1 is 1.50 bits per heavy atom. The fourth-order valence-electron chi connectivity index (χ4n) is 2.09. The standard InChI is InChI=1S/C13H20BrN3O2S/c1-3-6-17(9-10-4-5-10)20(18,19)12-7-11(14)8-16-13(12)15-2/h7-8,10H,3-6,9H2,1-2H3,(H,15,16). The Labute approximate surface area is 129 Å². The number of rotatable bonds is 7. The molecule has 20 heavy (non-hydrogen) atoms. The van der Waals surface area contributed by atoms with Gasteiger partial charge in [0.1, 0.15) is 10.7 Å². The third-order valence-electron chi connectivity index (χ3n) is 3.31. The summed E-state index contributed by atoms with van der Waals surface area (Å²) in [6, 6.07) is 1.61. The SMILES string of the molecule is CCCN(CC1CC1)S(=O)(=O)c1cc(Br)cnc1NC. The lowest BCUT2D eigenvalue weighted by Crippen LogP contribution is -2.34. The highest BCUT2D eigenvalue weighted by atomic mass is 79.9. The summed E-state index contributed by atoms with van der Waals surface area (Å²) in [7, 11) is -1.82. The van der Waals surface area contributed by atoms with E-state index in [1.54, 1.807) is 23.6 Å². The van der Waals surface area contributed by atoms with E-state index in [1.165, 1.54) is 0 Å². The van der Waals surface area contributed by atoms with Crippen LogP contribution in [0.3, 0.4) is 0 Å². The fraction of sp³-hybridized carbons (Fsp3) is 0.615. The molecule has 112 valence electrons.